The molecule has 0 aliphatic heterocycles. The summed E-state index contributed by atoms with van der Waals surface area (Å²) in [6, 6.07) is 65.6. The fraction of sp³-hybridized carbons (Fsp3) is 0. The number of fused-ring (bicyclic) bond motifs is 9. The van der Waals surface area contributed by atoms with Crippen molar-refractivity contribution in [1.29, 1.82) is 0 Å². The molecule has 12 rings (SSSR count). The highest BCUT2D eigenvalue weighted by Crippen LogP contribution is 2.39. The van der Waals surface area contributed by atoms with E-state index in [-0.39, 0.29) is 0 Å². The molecule has 0 saturated heterocycles. The molecular weight excluding hydrogens is 699 g/mol. The first-order valence-electron chi connectivity index (χ1n) is 19.1. The van der Waals surface area contributed by atoms with Crippen molar-refractivity contribution in [1.82, 2.24) is 24.1 Å². The minimum atomic E-state index is 0.599. The van der Waals surface area contributed by atoms with E-state index in [2.05, 4.69) is 137 Å². The summed E-state index contributed by atoms with van der Waals surface area (Å²) in [4.78, 5) is 15.2. The van der Waals surface area contributed by atoms with Crippen LogP contribution in [0.2, 0.25) is 0 Å². The molecule has 6 heteroatoms. The van der Waals surface area contributed by atoms with E-state index in [4.69, 9.17) is 19.4 Å². The van der Waals surface area contributed by atoms with Gasteiger partial charge in [-0.3, -0.25) is 0 Å². The van der Waals surface area contributed by atoms with E-state index in [0.29, 0.717) is 17.5 Å². The van der Waals surface area contributed by atoms with Gasteiger partial charge < -0.3 is 13.6 Å². The van der Waals surface area contributed by atoms with E-state index in [9.17, 15) is 0 Å². The van der Waals surface area contributed by atoms with Crippen LogP contribution in [0.15, 0.2) is 192 Å². The molecule has 0 aliphatic rings. The zero-order valence-electron chi connectivity index (χ0n) is 30.5. The Morgan fingerprint density at radius 2 is 0.825 bits per heavy atom. The van der Waals surface area contributed by atoms with E-state index in [1.807, 2.05) is 60.7 Å². The maximum Gasteiger partial charge on any atom is 0.164 e. The predicted molar refractivity (Wildman–Crippen MR) is 232 cm³/mol. The minimum Gasteiger partial charge on any atom is -0.456 e. The topological polar surface area (TPSA) is 61.7 Å². The van der Waals surface area contributed by atoms with Gasteiger partial charge in [0.2, 0.25) is 0 Å². The van der Waals surface area contributed by atoms with Gasteiger partial charge in [-0.1, -0.05) is 115 Å². The number of nitrogens with zero attached hydrogens (tertiary/aromatic N) is 5. The third-order valence-electron chi connectivity index (χ3n) is 11.2. The van der Waals surface area contributed by atoms with Gasteiger partial charge in [-0.25, -0.2) is 15.0 Å². The molecule has 0 unspecified atom stereocenters. The number of aromatic nitrogens is 5. The molecule has 0 atom stereocenters. The van der Waals surface area contributed by atoms with Crippen LogP contribution in [0.1, 0.15) is 0 Å². The standard InChI is InChI=1S/C51H31N5O/c1-2-13-32(14-3-1)49-52-50(54-51(53-49)40-19-12-24-47-48(40)39-18-7-11-23-46(39)57-47)33-25-27-34(28-26-33)55-44-22-10-6-17-38(44)41-31-35(29-30-45(41)55)56-42-20-8-4-15-36(42)37-16-5-9-21-43(37)56/h1-31H. The molecule has 266 valence electrons. The van der Waals surface area contributed by atoms with E-state index in [0.717, 1.165) is 61.0 Å². The summed E-state index contributed by atoms with van der Waals surface area (Å²) in [6.45, 7) is 0. The normalized spacial score (nSPS) is 11.9. The van der Waals surface area contributed by atoms with Crippen molar-refractivity contribution >= 4 is 65.6 Å². The quantitative estimate of drug-likeness (QED) is 0.177. The van der Waals surface area contributed by atoms with Gasteiger partial charge in [-0.05, 0) is 72.8 Å². The second-order valence-corrected chi connectivity index (χ2v) is 14.4. The van der Waals surface area contributed by atoms with Crippen LogP contribution in [0.3, 0.4) is 0 Å². The van der Waals surface area contributed by atoms with Crippen molar-refractivity contribution in [3.63, 3.8) is 0 Å². The van der Waals surface area contributed by atoms with Crippen LogP contribution in [0.5, 0.6) is 0 Å². The summed E-state index contributed by atoms with van der Waals surface area (Å²) < 4.78 is 11.0. The van der Waals surface area contributed by atoms with E-state index < -0.39 is 0 Å². The average Bonchev–Trinajstić information content (AvgIpc) is 3.94. The number of para-hydroxylation sites is 4. The fourth-order valence-electron chi connectivity index (χ4n) is 8.64. The zero-order valence-corrected chi connectivity index (χ0v) is 30.5. The summed E-state index contributed by atoms with van der Waals surface area (Å²) in [5.41, 5.74) is 11.2. The van der Waals surface area contributed by atoms with Gasteiger partial charge in [-0.15, -0.1) is 0 Å². The van der Waals surface area contributed by atoms with Crippen molar-refractivity contribution in [2.24, 2.45) is 0 Å². The lowest BCUT2D eigenvalue weighted by Crippen LogP contribution is -2.01. The van der Waals surface area contributed by atoms with Gasteiger partial charge >= 0.3 is 0 Å². The molecule has 6 nitrogen and oxygen atoms in total. The molecule has 0 saturated carbocycles. The molecule has 0 spiro atoms. The molecule has 4 aromatic heterocycles. The lowest BCUT2D eigenvalue weighted by molar-refractivity contribution is 0.669. The Hall–Kier alpha value is -7.83. The first-order valence-corrected chi connectivity index (χ1v) is 19.1. The van der Waals surface area contributed by atoms with Gasteiger partial charge in [0, 0.05) is 60.4 Å². The Kier molecular flexibility index (Phi) is 6.83. The maximum atomic E-state index is 6.24. The van der Waals surface area contributed by atoms with Crippen molar-refractivity contribution in [3.8, 4) is 45.5 Å². The number of furan rings is 1. The summed E-state index contributed by atoms with van der Waals surface area (Å²) >= 11 is 0. The Morgan fingerprint density at radius 3 is 1.51 bits per heavy atom. The first kappa shape index (κ1) is 31.5. The molecule has 0 N–H and O–H groups in total. The molecule has 12 aromatic rings. The Balaban J connectivity index is 1.00. The fourth-order valence-corrected chi connectivity index (χ4v) is 8.64. The number of benzene rings is 8. The largest absolute Gasteiger partial charge is 0.456 e. The predicted octanol–water partition coefficient (Wildman–Crippen LogP) is 13.0. The van der Waals surface area contributed by atoms with Crippen LogP contribution in [-0.4, -0.2) is 24.1 Å². The third-order valence-corrected chi connectivity index (χ3v) is 11.2. The zero-order chi connectivity index (χ0) is 37.5. The number of rotatable bonds is 5. The Labute approximate surface area is 326 Å². The van der Waals surface area contributed by atoms with Crippen LogP contribution in [-0.2, 0) is 0 Å². The van der Waals surface area contributed by atoms with Gasteiger partial charge in [-0.2, -0.15) is 0 Å². The lowest BCUT2D eigenvalue weighted by atomic mass is 10.1. The highest BCUT2D eigenvalue weighted by atomic mass is 16.3. The van der Waals surface area contributed by atoms with Gasteiger partial charge in [0.15, 0.2) is 17.5 Å². The SMILES string of the molecule is c1ccc(-c2nc(-c3ccc(-n4c5ccccc5c5cc(-n6c7ccccc7c7ccccc76)ccc54)cc3)nc(-c3cccc4oc5ccccc5c34)n2)cc1. The van der Waals surface area contributed by atoms with E-state index >= 15 is 0 Å². The summed E-state index contributed by atoms with van der Waals surface area (Å²) in [5.74, 6) is 1.82. The molecule has 57 heavy (non-hydrogen) atoms. The van der Waals surface area contributed by atoms with E-state index in [1.54, 1.807) is 0 Å². The van der Waals surface area contributed by atoms with Crippen molar-refractivity contribution in [3.05, 3.63) is 188 Å². The van der Waals surface area contributed by atoms with Crippen LogP contribution < -0.4 is 0 Å². The minimum absolute atomic E-state index is 0.599. The monoisotopic (exact) mass is 729 g/mol. The molecule has 0 bridgehead atoms. The van der Waals surface area contributed by atoms with Crippen LogP contribution in [0, 0.1) is 0 Å². The number of hydrogen-bond donors (Lipinski definition) is 0. The molecular formula is C51H31N5O. The van der Waals surface area contributed by atoms with Crippen LogP contribution >= 0.6 is 0 Å². The first-order chi connectivity index (χ1) is 28.3. The average molecular weight is 730 g/mol. The molecule has 0 fully saturated rings. The highest BCUT2D eigenvalue weighted by Gasteiger charge is 2.19. The second kappa shape index (κ2) is 12.3. The Morgan fingerprint density at radius 1 is 0.333 bits per heavy atom. The lowest BCUT2D eigenvalue weighted by Gasteiger charge is -2.12. The summed E-state index contributed by atoms with van der Waals surface area (Å²) in [7, 11) is 0. The van der Waals surface area contributed by atoms with Crippen molar-refractivity contribution in [2.75, 3.05) is 0 Å². The highest BCUT2D eigenvalue weighted by molar-refractivity contribution is 6.13. The van der Waals surface area contributed by atoms with Crippen molar-refractivity contribution < 1.29 is 4.42 Å². The molecule has 0 aliphatic carbocycles. The van der Waals surface area contributed by atoms with Gasteiger partial charge in [0.25, 0.3) is 0 Å². The number of hydrogen-bond acceptors (Lipinski definition) is 4. The van der Waals surface area contributed by atoms with Crippen LogP contribution in [0.4, 0.5) is 0 Å². The van der Waals surface area contributed by atoms with E-state index in [1.165, 1.54) is 32.6 Å². The van der Waals surface area contributed by atoms with Crippen LogP contribution in [0.25, 0.3) is 111 Å². The third kappa shape index (κ3) is 4.87. The Bertz CT molecular complexity index is 3470. The van der Waals surface area contributed by atoms with Crippen molar-refractivity contribution in [2.45, 2.75) is 0 Å². The maximum absolute atomic E-state index is 6.24. The van der Waals surface area contributed by atoms with Gasteiger partial charge in [0.1, 0.15) is 11.2 Å². The summed E-state index contributed by atoms with van der Waals surface area (Å²) in [6.07, 6.45) is 0. The molecule has 0 radical (unpaired) electrons. The molecule has 0 amide bonds. The second-order valence-electron chi connectivity index (χ2n) is 14.4. The van der Waals surface area contributed by atoms with Gasteiger partial charge in [0.05, 0.1) is 22.1 Å². The summed E-state index contributed by atoms with van der Waals surface area (Å²) in [5, 5.41) is 6.93. The smallest absolute Gasteiger partial charge is 0.164 e. The molecule has 8 aromatic carbocycles. The molecule has 4 heterocycles.